The highest BCUT2D eigenvalue weighted by Gasteiger charge is 2.27. The van der Waals surface area contributed by atoms with Gasteiger partial charge in [0.15, 0.2) is 0 Å². The summed E-state index contributed by atoms with van der Waals surface area (Å²) in [5.74, 6) is 0.228. The van der Waals surface area contributed by atoms with Gasteiger partial charge in [-0.05, 0) is 38.0 Å². The molecule has 0 spiro atoms. The van der Waals surface area contributed by atoms with Gasteiger partial charge in [0.2, 0.25) is 5.91 Å². The highest BCUT2D eigenvalue weighted by Crippen LogP contribution is 2.23. The first-order chi connectivity index (χ1) is 11.9. The zero-order valence-corrected chi connectivity index (χ0v) is 14.6. The highest BCUT2D eigenvalue weighted by atomic mass is 16.2. The molecule has 2 N–H and O–H groups in total. The van der Waals surface area contributed by atoms with Gasteiger partial charge in [-0.2, -0.15) is 0 Å². The number of nitrogens with zero attached hydrogens (tertiary/aromatic N) is 2. The van der Waals surface area contributed by atoms with E-state index >= 15 is 0 Å². The summed E-state index contributed by atoms with van der Waals surface area (Å²) in [6.07, 6.45) is 1.45. The zero-order valence-electron chi connectivity index (χ0n) is 14.6. The van der Waals surface area contributed by atoms with Crippen LogP contribution in [0.2, 0.25) is 0 Å². The minimum atomic E-state index is -0.155. The van der Waals surface area contributed by atoms with E-state index in [0.29, 0.717) is 25.3 Å². The number of benzene rings is 1. The molecule has 2 aliphatic rings. The van der Waals surface area contributed by atoms with E-state index in [9.17, 15) is 14.4 Å². The number of carbonyl (C=O) groups is 3. The molecule has 1 aromatic carbocycles. The van der Waals surface area contributed by atoms with E-state index in [1.165, 1.54) is 0 Å². The third-order valence-electron chi connectivity index (χ3n) is 4.92. The fraction of sp³-hybridized carbons (Fsp3) is 0.500. The number of hydrogen-bond donors (Lipinski definition) is 2. The Balaban J connectivity index is 1.60. The Kier molecular flexibility index (Phi) is 4.92. The zero-order chi connectivity index (χ0) is 18.0. The maximum absolute atomic E-state index is 12.4. The molecule has 1 unspecified atom stereocenters. The van der Waals surface area contributed by atoms with Crippen LogP contribution in [0.15, 0.2) is 24.3 Å². The predicted octanol–water partition coefficient (Wildman–Crippen LogP) is 2.01. The van der Waals surface area contributed by atoms with Crippen molar-refractivity contribution in [3.8, 4) is 0 Å². The molecule has 2 saturated heterocycles. The number of rotatable bonds is 3. The minimum Gasteiger partial charge on any atom is -0.324 e. The van der Waals surface area contributed by atoms with E-state index in [2.05, 4.69) is 10.7 Å². The monoisotopic (exact) mass is 344 g/mol. The number of likely N-dealkylation sites (tertiary alicyclic amines) is 1. The summed E-state index contributed by atoms with van der Waals surface area (Å²) in [4.78, 5) is 37.2. The molecule has 3 amide bonds. The lowest BCUT2D eigenvalue weighted by Gasteiger charge is -2.31. The largest absolute Gasteiger partial charge is 0.324 e. The van der Waals surface area contributed by atoms with Crippen LogP contribution in [0.4, 0.5) is 16.2 Å². The number of Topliss-reactive ketones (excluding diaryl/α,β-unsaturated/α-hetero) is 1. The van der Waals surface area contributed by atoms with Crippen molar-refractivity contribution in [1.29, 1.82) is 0 Å². The van der Waals surface area contributed by atoms with E-state index in [1.807, 2.05) is 31.2 Å². The molecule has 0 saturated carbocycles. The van der Waals surface area contributed by atoms with Gasteiger partial charge in [-0.15, -0.1) is 0 Å². The van der Waals surface area contributed by atoms with Crippen LogP contribution in [0.3, 0.4) is 0 Å². The first-order valence-corrected chi connectivity index (χ1v) is 8.68. The Hall–Kier alpha value is -2.57. The molecule has 0 bridgehead atoms. The molecule has 2 fully saturated rings. The van der Waals surface area contributed by atoms with Crippen molar-refractivity contribution in [2.45, 2.75) is 26.7 Å². The summed E-state index contributed by atoms with van der Waals surface area (Å²) in [5.41, 5.74) is 4.34. The molecular weight excluding hydrogens is 320 g/mol. The Morgan fingerprint density at radius 3 is 2.56 bits per heavy atom. The van der Waals surface area contributed by atoms with Crippen LogP contribution in [0.25, 0.3) is 0 Å². The van der Waals surface area contributed by atoms with Gasteiger partial charge in [-0.1, -0.05) is 13.0 Å². The predicted molar refractivity (Wildman–Crippen MR) is 95.1 cm³/mol. The van der Waals surface area contributed by atoms with Crippen LogP contribution in [0, 0.1) is 11.8 Å². The topological polar surface area (TPSA) is 81.8 Å². The lowest BCUT2D eigenvalue weighted by molar-refractivity contribution is -0.122. The normalized spacial score (nSPS) is 21.2. The van der Waals surface area contributed by atoms with Crippen molar-refractivity contribution in [3.05, 3.63) is 24.3 Å². The van der Waals surface area contributed by atoms with Gasteiger partial charge in [0.05, 0.1) is 18.2 Å². The summed E-state index contributed by atoms with van der Waals surface area (Å²) in [5, 5.41) is 4.70. The molecule has 1 aromatic rings. The first kappa shape index (κ1) is 17.3. The van der Waals surface area contributed by atoms with E-state index in [0.717, 1.165) is 18.5 Å². The molecule has 1 atom stereocenters. The van der Waals surface area contributed by atoms with Crippen molar-refractivity contribution in [2.75, 3.05) is 30.0 Å². The smallest absolute Gasteiger partial charge is 0.321 e. The number of hydrogen-bond acceptors (Lipinski definition) is 4. The third kappa shape index (κ3) is 3.92. The number of anilines is 2. The van der Waals surface area contributed by atoms with Crippen molar-refractivity contribution in [3.63, 3.8) is 0 Å². The van der Waals surface area contributed by atoms with Crippen molar-refractivity contribution < 1.29 is 14.4 Å². The van der Waals surface area contributed by atoms with E-state index < -0.39 is 0 Å². The van der Waals surface area contributed by atoms with Crippen LogP contribution in [0.1, 0.15) is 26.7 Å². The van der Waals surface area contributed by atoms with Crippen LogP contribution in [0.5, 0.6) is 0 Å². The second-order valence-electron chi connectivity index (χ2n) is 6.84. The van der Waals surface area contributed by atoms with Crippen molar-refractivity contribution in [1.82, 2.24) is 10.3 Å². The molecule has 134 valence electrons. The Labute approximate surface area is 147 Å². The number of ketones is 1. The van der Waals surface area contributed by atoms with Gasteiger partial charge in [0, 0.05) is 24.7 Å². The number of hydrazine groups is 1. The molecule has 0 aliphatic carbocycles. The van der Waals surface area contributed by atoms with Crippen LogP contribution >= 0.6 is 0 Å². The number of piperidine rings is 1. The lowest BCUT2D eigenvalue weighted by atomic mass is 9.93. The molecule has 7 nitrogen and oxygen atoms in total. The Bertz CT molecular complexity index is 683. The number of urea groups is 1. The standard InChI is InChI=1S/C18H24N4O3/c1-12-11-22(20-17(12)24)16-5-3-4-15(10-16)19-18(25)21-8-6-14(7-9-21)13(2)23/h3-5,10,12,14H,6-9,11H2,1-2H3,(H,19,25)(H,20,24). The average Bonchev–Trinajstić information content (AvgIpc) is 2.94. The molecule has 0 radical (unpaired) electrons. The van der Waals surface area contributed by atoms with Gasteiger partial charge in [-0.3, -0.25) is 20.0 Å². The molecule has 3 rings (SSSR count). The number of amides is 3. The van der Waals surface area contributed by atoms with Crippen LogP contribution in [-0.2, 0) is 9.59 Å². The molecule has 0 aromatic heterocycles. The molecule has 2 aliphatic heterocycles. The van der Waals surface area contributed by atoms with Gasteiger partial charge in [0.25, 0.3) is 0 Å². The summed E-state index contributed by atoms with van der Waals surface area (Å²) in [6, 6.07) is 7.26. The summed E-state index contributed by atoms with van der Waals surface area (Å²) in [6.45, 7) is 5.29. The van der Waals surface area contributed by atoms with Gasteiger partial charge in [-0.25, -0.2) is 4.79 Å². The number of carbonyl (C=O) groups excluding carboxylic acids is 3. The van der Waals surface area contributed by atoms with Crippen LogP contribution in [-0.4, -0.2) is 42.3 Å². The fourth-order valence-electron chi connectivity index (χ4n) is 3.26. The molecule has 25 heavy (non-hydrogen) atoms. The summed E-state index contributed by atoms with van der Waals surface area (Å²) >= 11 is 0. The first-order valence-electron chi connectivity index (χ1n) is 8.68. The van der Waals surface area contributed by atoms with Gasteiger partial charge >= 0.3 is 6.03 Å². The van der Waals surface area contributed by atoms with Crippen molar-refractivity contribution >= 4 is 29.1 Å². The van der Waals surface area contributed by atoms with Gasteiger partial charge < -0.3 is 10.2 Å². The third-order valence-corrected chi connectivity index (χ3v) is 4.92. The molecule has 2 heterocycles. The average molecular weight is 344 g/mol. The molecular formula is C18H24N4O3. The maximum Gasteiger partial charge on any atom is 0.321 e. The van der Waals surface area contributed by atoms with Crippen molar-refractivity contribution in [2.24, 2.45) is 11.8 Å². The van der Waals surface area contributed by atoms with E-state index in [-0.39, 0.29) is 29.6 Å². The van der Waals surface area contributed by atoms with Crippen LogP contribution < -0.4 is 15.8 Å². The summed E-state index contributed by atoms with van der Waals surface area (Å²) < 4.78 is 0. The quantitative estimate of drug-likeness (QED) is 0.879. The highest BCUT2D eigenvalue weighted by molar-refractivity contribution is 5.90. The number of nitrogens with one attached hydrogen (secondary N) is 2. The SMILES string of the molecule is CC(=O)C1CCN(C(=O)Nc2cccc(N3CC(C)C(=O)N3)c2)CC1. The minimum absolute atomic E-state index is 0.00257. The Morgan fingerprint density at radius 2 is 1.96 bits per heavy atom. The Morgan fingerprint density at radius 1 is 1.24 bits per heavy atom. The van der Waals surface area contributed by atoms with E-state index in [1.54, 1.807) is 16.8 Å². The second-order valence-corrected chi connectivity index (χ2v) is 6.84. The summed E-state index contributed by atoms with van der Waals surface area (Å²) in [7, 11) is 0. The fourth-order valence-corrected chi connectivity index (χ4v) is 3.26. The van der Waals surface area contributed by atoms with E-state index in [4.69, 9.17) is 0 Å². The lowest BCUT2D eigenvalue weighted by Crippen LogP contribution is -2.42. The molecule has 7 heteroatoms. The second kappa shape index (κ2) is 7.13. The van der Waals surface area contributed by atoms with Gasteiger partial charge in [0.1, 0.15) is 5.78 Å². The maximum atomic E-state index is 12.4.